The monoisotopic (exact) mass is 441 g/mol. The molecule has 174 valence electrons. The fraction of sp³-hybridized carbons (Fsp3) is 0.400. The zero-order valence-electron chi connectivity index (χ0n) is 19.8. The van der Waals surface area contributed by atoms with Crippen molar-refractivity contribution >= 4 is 0 Å². The maximum absolute atomic E-state index is 5.68. The van der Waals surface area contributed by atoms with Gasteiger partial charge >= 0.3 is 0 Å². The molecular formula is C30H39N3. The highest BCUT2D eigenvalue weighted by atomic mass is 15.1. The van der Waals surface area contributed by atoms with Crippen LogP contribution in [-0.4, -0.2) is 37.6 Å². The van der Waals surface area contributed by atoms with E-state index in [0.29, 0.717) is 12.5 Å². The van der Waals surface area contributed by atoms with Crippen molar-refractivity contribution < 1.29 is 0 Å². The van der Waals surface area contributed by atoms with Crippen LogP contribution in [0.3, 0.4) is 0 Å². The molecule has 1 aliphatic rings. The topological polar surface area (TPSA) is 41.3 Å². The molecular weight excluding hydrogens is 402 g/mol. The summed E-state index contributed by atoms with van der Waals surface area (Å²) in [5, 5.41) is 3.62. The maximum Gasteiger partial charge on any atom is 0.0178 e. The van der Waals surface area contributed by atoms with E-state index in [-0.39, 0.29) is 0 Å². The first kappa shape index (κ1) is 23.7. The molecule has 0 bridgehead atoms. The highest BCUT2D eigenvalue weighted by molar-refractivity contribution is 5.33. The number of likely N-dealkylation sites (tertiary alicyclic amines) is 1. The van der Waals surface area contributed by atoms with Crippen LogP contribution in [0.2, 0.25) is 0 Å². The molecule has 0 saturated carbocycles. The normalized spacial score (nSPS) is 15.2. The molecule has 1 fully saturated rings. The zero-order valence-corrected chi connectivity index (χ0v) is 19.8. The molecule has 3 heteroatoms. The Morgan fingerprint density at radius 3 is 1.91 bits per heavy atom. The van der Waals surface area contributed by atoms with Crippen LogP contribution >= 0.6 is 0 Å². The summed E-state index contributed by atoms with van der Waals surface area (Å²) in [4.78, 5) is 2.66. The lowest BCUT2D eigenvalue weighted by Crippen LogP contribution is -2.37. The third-order valence-electron chi connectivity index (χ3n) is 7.10. The molecule has 33 heavy (non-hydrogen) atoms. The Bertz CT molecular complexity index is 876. The van der Waals surface area contributed by atoms with Crippen molar-refractivity contribution in [2.75, 3.05) is 32.7 Å². The van der Waals surface area contributed by atoms with Crippen molar-refractivity contribution in [3.63, 3.8) is 0 Å². The second-order valence-corrected chi connectivity index (χ2v) is 9.35. The van der Waals surface area contributed by atoms with Crippen LogP contribution in [0.25, 0.3) is 0 Å². The summed E-state index contributed by atoms with van der Waals surface area (Å²) in [5.41, 5.74) is 11.2. The predicted molar refractivity (Wildman–Crippen MR) is 139 cm³/mol. The Morgan fingerprint density at radius 1 is 0.758 bits per heavy atom. The summed E-state index contributed by atoms with van der Waals surface area (Å²) in [5.74, 6) is 1.23. The van der Waals surface area contributed by atoms with Crippen LogP contribution in [0.15, 0.2) is 84.9 Å². The Kier molecular flexibility index (Phi) is 9.11. The van der Waals surface area contributed by atoms with Crippen molar-refractivity contribution in [3.8, 4) is 0 Å². The molecule has 0 radical (unpaired) electrons. The molecule has 3 N–H and O–H groups in total. The van der Waals surface area contributed by atoms with Crippen LogP contribution in [0.4, 0.5) is 0 Å². The summed E-state index contributed by atoms with van der Waals surface area (Å²) in [6, 6.07) is 30.9. The number of hydrogen-bond acceptors (Lipinski definition) is 3. The lowest BCUT2D eigenvalue weighted by Gasteiger charge is -2.36. The molecule has 4 rings (SSSR count). The number of nitrogens with one attached hydrogen (secondary N) is 1. The minimum absolute atomic E-state index is 0.509. The Hall–Kier alpha value is -2.46. The number of nitrogens with zero attached hydrogens (tertiary/aromatic N) is 1. The van der Waals surface area contributed by atoms with Gasteiger partial charge in [-0.2, -0.15) is 0 Å². The average Bonchev–Trinajstić information content (AvgIpc) is 2.89. The summed E-state index contributed by atoms with van der Waals surface area (Å²) in [6.45, 7) is 6.39. The van der Waals surface area contributed by atoms with Crippen LogP contribution in [-0.2, 0) is 13.0 Å². The lowest BCUT2D eigenvalue weighted by molar-refractivity contribution is 0.173. The van der Waals surface area contributed by atoms with Gasteiger partial charge in [0.15, 0.2) is 0 Å². The molecule has 0 aromatic heterocycles. The highest BCUT2D eigenvalue weighted by Gasteiger charge is 2.28. The van der Waals surface area contributed by atoms with Gasteiger partial charge in [-0.3, -0.25) is 0 Å². The molecule has 1 saturated heterocycles. The number of rotatable bonds is 11. The number of piperidine rings is 1. The molecule has 1 heterocycles. The fourth-order valence-electron chi connectivity index (χ4n) is 5.19. The molecule has 3 aromatic carbocycles. The highest BCUT2D eigenvalue weighted by Crippen LogP contribution is 2.37. The standard InChI is InChI=1S/C30H39N3/c31-24-26-14-12-25(13-15-26)16-20-32-19-7-21-33-22-17-29(18-23-33)30(27-8-3-1-4-9-27)28-10-5-2-6-11-28/h1-6,8-15,29-30,32H,7,16-24,31H2. The quantitative estimate of drug-likeness (QED) is 0.401. The Balaban J connectivity index is 1.18. The molecule has 0 aliphatic carbocycles. The second-order valence-electron chi connectivity index (χ2n) is 9.35. The van der Waals surface area contributed by atoms with Crippen LogP contribution in [0, 0.1) is 5.92 Å². The third-order valence-corrected chi connectivity index (χ3v) is 7.10. The summed E-state index contributed by atoms with van der Waals surface area (Å²) in [7, 11) is 0. The van der Waals surface area contributed by atoms with E-state index < -0.39 is 0 Å². The minimum atomic E-state index is 0.509. The van der Waals surface area contributed by atoms with Gasteiger partial charge in [0.1, 0.15) is 0 Å². The maximum atomic E-state index is 5.68. The number of hydrogen-bond donors (Lipinski definition) is 2. The van der Waals surface area contributed by atoms with Crippen molar-refractivity contribution in [1.29, 1.82) is 0 Å². The first-order valence-electron chi connectivity index (χ1n) is 12.6. The minimum Gasteiger partial charge on any atom is -0.326 e. The average molecular weight is 442 g/mol. The SMILES string of the molecule is NCc1ccc(CCNCCCN2CCC(C(c3ccccc3)c3ccccc3)CC2)cc1. The van der Waals surface area contributed by atoms with Crippen molar-refractivity contribution in [3.05, 3.63) is 107 Å². The van der Waals surface area contributed by atoms with Gasteiger partial charge in [0.25, 0.3) is 0 Å². The molecule has 3 nitrogen and oxygen atoms in total. The molecule has 0 spiro atoms. The number of nitrogens with two attached hydrogens (primary N) is 1. The van der Waals surface area contributed by atoms with Gasteiger partial charge in [0.2, 0.25) is 0 Å². The van der Waals surface area contributed by atoms with Crippen LogP contribution < -0.4 is 11.1 Å². The van der Waals surface area contributed by atoms with Gasteiger partial charge in [-0.15, -0.1) is 0 Å². The first-order valence-corrected chi connectivity index (χ1v) is 12.6. The van der Waals surface area contributed by atoms with E-state index in [1.807, 2.05) is 0 Å². The Labute approximate surface area is 200 Å². The van der Waals surface area contributed by atoms with Crippen LogP contribution in [0.1, 0.15) is 47.4 Å². The van der Waals surface area contributed by atoms with E-state index in [9.17, 15) is 0 Å². The molecule has 0 amide bonds. The summed E-state index contributed by atoms with van der Waals surface area (Å²) in [6.07, 6.45) is 4.86. The smallest absolute Gasteiger partial charge is 0.0178 e. The molecule has 0 unspecified atom stereocenters. The van der Waals surface area contributed by atoms with Gasteiger partial charge in [0, 0.05) is 12.5 Å². The van der Waals surface area contributed by atoms with Gasteiger partial charge in [-0.1, -0.05) is 84.9 Å². The van der Waals surface area contributed by atoms with Crippen molar-refractivity contribution in [1.82, 2.24) is 10.2 Å². The van der Waals surface area contributed by atoms with Crippen molar-refractivity contribution in [2.45, 2.75) is 38.1 Å². The zero-order chi connectivity index (χ0) is 22.7. The van der Waals surface area contributed by atoms with Gasteiger partial charge in [-0.25, -0.2) is 0 Å². The van der Waals surface area contributed by atoms with E-state index in [2.05, 4.69) is 95.1 Å². The fourth-order valence-corrected chi connectivity index (χ4v) is 5.19. The van der Waals surface area contributed by atoms with Gasteiger partial charge < -0.3 is 16.0 Å². The molecule has 1 aliphatic heterocycles. The molecule has 3 aromatic rings. The largest absolute Gasteiger partial charge is 0.326 e. The molecule has 0 atom stereocenters. The summed E-state index contributed by atoms with van der Waals surface area (Å²) < 4.78 is 0. The summed E-state index contributed by atoms with van der Waals surface area (Å²) >= 11 is 0. The van der Waals surface area contributed by atoms with Gasteiger partial charge in [0.05, 0.1) is 0 Å². The first-order chi connectivity index (χ1) is 16.3. The van der Waals surface area contributed by atoms with Crippen molar-refractivity contribution in [2.24, 2.45) is 11.7 Å². The van der Waals surface area contributed by atoms with E-state index in [0.717, 1.165) is 25.4 Å². The van der Waals surface area contributed by atoms with E-state index in [1.165, 1.54) is 61.2 Å². The second kappa shape index (κ2) is 12.7. The Morgan fingerprint density at radius 2 is 1.33 bits per heavy atom. The van der Waals surface area contributed by atoms with E-state index in [4.69, 9.17) is 5.73 Å². The van der Waals surface area contributed by atoms with E-state index in [1.54, 1.807) is 0 Å². The van der Waals surface area contributed by atoms with E-state index >= 15 is 0 Å². The third kappa shape index (κ3) is 7.01. The van der Waals surface area contributed by atoms with Crippen LogP contribution in [0.5, 0.6) is 0 Å². The lowest BCUT2D eigenvalue weighted by atomic mass is 9.76. The number of benzene rings is 3. The van der Waals surface area contributed by atoms with Gasteiger partial charge in [-0.05, 0) is 86.6 Å². The predicted octanol–water partition coefficient (Wildman–Crippen LogP) is 5.21.